The standard InChI is InChI=1S/C13H14F3N3/c1-9(17)6-10-4-2-3-5-12(10)19-8-11(7-18-19)13(14,15)16/h2-5,7-9H,6,17H2,1H3. The Balaban J connectivity index is 2.39. The molecule has 2 N–H and O–H groups in total. The first-order chi connectivity index (χ1) is 8.88. The van der Waals surface area contributed by atoms with E-state index in [9.17, 15) is 13.2 Å². The van der Waals surface area contributed by atoms with Gasteiger partial charge in [-0.25, -0.2) is 4.68 Å². The van der Waals surface area contributed by atoms with Gasteiger partial charge in [0.2, 0.25) is 0 Å². The lowest BCUT2D eigenvalue weighted by molar-refractivity contribution is -0.137. The van der Waals surface area contributed by atoms with Crippen molar-refractivity contribution in [2.75, 3.05) is 0 Å². The molecule has 0 bridgehead atoms. The first-order valence-electron chi connectivity index (χ1n) is 5.83. The van der Waals surface area contributed by atoms with Gasteiger partial charge in [0.05, 0.1) is 17.4 Å². The largest absolute Gasteiger partial charge is 0.419 e. The number of halogens is 3. The number of hydrogen-bond acceptors (Lipinski definition) is 2. The van der Waals surface area contributed by atoms with Crippen LogP contribution in [0, 0.1) is 0 Å². The summed E-state index contributed by atoms with van der Waals surface area (Å²) in [5.74, 6) is 0. The van der Waals surface area contributed by atoms with Gasteiger partial charge in [0.1, 0.15) is 0 Å². The Morgan fingerprint density at radius 3 is 2.58 bits per heavy atom. The highest BCUT2D eigenvalue weighted by Gasteiger charge is 2.32. The van der Waals surface area contributed by atoms with Crippen LogP contribution in [0.25, 0.3) is 5.69 Å². The van der Waals surface area contributed by atoms with Crippen molar-refractivity contribution in [2.24, 2.45) is 5.73 Å². The van der Waals surface area contributed by atoms with Crippen LogP contribution < -0.4 is 5.73 Å². The minimum absolute atomic E-state index is 0.0706. The highest BCUT2D eigenvalue weighted by Crippen LogP contribution is 2.29. The lowest BCUT2D eigenvalue weighted by atomic mass is 10.1. The second kappa shape index (κ2) is 5.05. The molecule has 0 saturated heterocycles. The van der Waals surface area contributed by atoms with Gasteiger partial charge in [0.15, 0.2) is 0 Å². The van der Waals surface area contributed by atoms with Crippen LogP contribution >= 0.6 is 0 Å². The third-order valence-electron chi connectivity index (χ3n) is 2.69. The summed E-state index contributed by atoms with van der Waals surface area (Å²) in [7, 11) is 0. The third kappa shape index (κ3) is 3.14. The van der Waals surface area contributed by atoms with E-state index in [1.807, 2.05) is 19.1 Å². The Labute approximate surface area is 108 Å². The first-order valence-corrected chi connectivity index (χ1v) is 5.83. The monoisotopic (exact) mass is 269 g/mol. The number of para-hydroxylation sites is 1. The molecule has 3 nitrogen and oxygen atoms in total. The second-order valence-corrected chi connectivity index (χ2v) is 4.48. The Morgan fingerprint density at radius 1 is 1.32 bits per heavy atom. The fraction of sp³-hybridized carbons (Fsp3) is 0.308. The fourth-order valence-electron chi connectivity index (χ4n) is 1.85. The van der Waals surface area contributed by atoms with E-state index >= 15 is 0 Å². The quantitative estimate of drug-likeness (QED) is 0.931. The summed E-state index contributed by atoms with van der Waals surface area (Å²) in [5.41, 5.74) is 6.47. The molecule has 1 unspecified atom stereocenters. The fourth-order valence-corrected chi connectivity index (χ4v) is 1.85. The average molecular weight is 269 g/mol. The lowest BCUT2D eigenvalue weighted by Gasteiger charge is -2.11. The van der Waals surface area contributed by atoms with E-state index in [2.05, 4.69) is 5.10 Å². The van der Waals surface area contributed by atoms with Crippen LogP contribution in [-0.4, -0.2) is 15.8 Å². The van der Waals surface area contributed by atoms with Crippen molar-refractivity contribution in [1.29, 1.82) is 0 Å². The van der Waals surface area contributed by atoms with Gasteiger partial charge in [-0.1, -0.05) is 18.2 Å². The van der Waals surface area contributed by atoms with Crippen LogP contribution in [0.4, 0.5) is 13.2 Å². The summed E-state index contributed by atoms with van der Waals surface area (Å²) in [6.45, 7) is 1.85. The van der Waals surface area contributed by atoms with Crippen molar-refractivity contribution < 1.29 is 13.2 Å². The summed E-state index contributed by atoms with van der Waals surface area (Å²) in [4.78, 5) is 0. The van der Waals surface area contributed by atoms with Crippen LogP contribution in [0.1, 0.15) is 18.1 Å². The van der Waals surface area contributed by atoms with Gasteiger partial charge in [-0.2, -0.15) is 18.3 Å². The Morgan fingerprint density at radius 2 is 2.00 bits per heavy atom. The third-order valence-corrected chi connectivity index (χ3v) is 2.69. The number of aromatic nitrogens is 2. The zero-order valence-corrected chi connectivity index (χ0v) is 10.4. The molecule has 6 heteroatoms. The number of benzene rings is 1. The van der Waals surface area contributed by atoms with E-state index in [-0.39, 0.29) is 6.04 Å². The molecule has 2 aromatic rings. The van der Waals surface area contributed by atoms with Gasteiger partial charge in [-0.15, -0.1) is 0 Å². The minimum Gasteiger partial charge on any atom is -0.328 e. The topological polar surface area (TPSA) is 43.8 Å². The highest BCUT2D eigenvalue weighted by atomic mass is 19.4. The number of alkyl halides is 3. The van der Waals surface area contributed by atoms with Gasteiger partial charge in [-0.3, -0.25) is 0 Å². The molecule has 2 rings (SSSR count). The van der Waals surface area contributed by atoms with Gasteiger partial charge in [0, 0.05) is 12.2 Å². The Hall–Kier alpha value is -1.82. The van der Waals surface area contributed by atoms with Crippen molar-refractivity contribution in [3.63, 3.8) is 0 Å². The zero-order valence-electron chi connectivity index (χ0n) is 10.4. The maximum absolute atomic E-state index is 12.6. The maximum atomic E-state index is 12.6. The molecule has 1 atom stereocenters. The molecule has 0 aliphatic heterocycles. The van der Waals surface area contributed by atoms with E-state index in [0.29, 0.717) is 12.1 Å². The van der Waals surface area contributed by atoms with Crippen molar-refractivity contribution in [2.45, 2.75) is 25.6 Å². The maximum Gasteiger partial charge on any atom is 0.419 e. The van der Waals surface area contributed by atoms with Crippen molar-refractivity contribution >= 4 is 0 Å². The molecule has 0 spiro atoms. The minimum atomic E-state index is -4.38. The van der Waals surface area contributed by atoms with Crippen molar-refractivity contribution in [3.05, 3.63) is 47.8 Å². The van der Waals surface area contributed by atoms with E-state index in [1.165, 1.54) is 4.68 Å². The number of nitrogens with zero attached hydrogens (tertiary/aromatic N) is 2. The van der Waals surface area contributed by atoms with Gasteiger partial charge >= 0.3 is 6.18 Å². The Kier molecular flexibility index (Phi) is 3.61. The molecule has 102 valence electrons. The summed E-state index contributed by atoms with van der Waals surface area (Å²) >= 11 is 0. The van der Waals surface area contributed by atoms with Gasteiger partial charge in [0.25, 0.3) is 0 Å². The SMILES string of the molecule is CC(N)Cc1ccccc1-n1cc(C(F)(F)F)cn1. The molecule has 1 aromatic carbocycles. The number of hydrogen-bond donors (Lipinski definition) is 1. The molecule has 1 aromatic heterocycles. The van der Waals surface area contributed by atoms with Crippen LogP contribution in [0.15, 0.2) is 36.7 Å². The molecular formula is C13H14F3N3. The molecule has 0 aliphatic carbocycles. The second-order valence-electron chi connectivity index (χ2n) is 4.48. The smallest absolute Gasteiger partial charge is 0.328 e. The number of rotatable bonds is 3. The van der Waals surface area contributed by atoms with E-state index in [1.54, 1.807) is 12.1 Å². The summed E-state index contributed by atoms with van der Waals surface area (Å²) in [6.07, 6.45) is -1.99. The molecule has 0 saturated carbocycles. The summed E-state index contributed by atoms with van der Waals surface area (Å²) in [5, 5.41) is 3.78. The van der Waals surface area contributed by atoms with Crippen LogP contribution in [0.2, 0.25) is 0 Å². The molecule has 1 heterocycles. The predicted molar refractivity (Wildman–Crippen MR) is 65.9 cm³/mol. The van der Waals surface area contributed by atoms with E-state index in [4.69, 9.17) is 5.73 Å². The molecule has 0 aliphatic rings. The van der Waals surface area contributed by atoms with Crippen LogP contribution in [-0.2, 0) is 12.6 Å². The van der Waals surface area contributed by atoms with Crippen LogP contribution in [0.5, 0.6) is 0 Å². The number of nitrogens with two attached hydrogens (primary N) is 1. The van der Waals surface area contributed by atoms with Gasteiger partial charge < -0.3 is 5.73 Å². The normalized spacial score (nSPS) is 13.5. The summed E-state index contributed by atoms with van der Waals surface area (Å²) in [6, 6.07) is 7.09. The Bertz CT molecular complexity index is 558. The molecule has 0 fully saturated rings. The molecule has 0 amide bonds. The molecule has 0 radical (unpaired) electrons. The first kappa shape index (κ1) is 13.6. The van der Waals surface area contributed by atoms with E-state index < -0.39 is 11.7 Å². The van der Waals surface area contributed by atoms with Crippen LogP contribution in [0.3, 0.4) is 0 Å². The highest BCUT2D eigenvalue weighted by molar-refractivity contribution is 5.41. The van der Waals surface area contributed by atoms with Crippen molar-refractivity contribution in [1.82, 2.24) is 9.78 Å². The predicted octanol–water partition coefficient (Wildman–Crippen LogP) is 2.78. The molecule has 19 heavy (non-hydrogen) atoms. The van der Waals surface area contributed by atoms with E-state index in [0.717, 1.165) is 18.0 Å². The molecular weight excluding hydrogens is 255 g/mol. The van der Waals surface area contributed by atoms with Gasteiger partial charge in [-0.05, 0) is 25.0 Å². The lowest BCUT2D eigenvalue weighted by Crippen LogP contribution is -2.19. The summed E-state index contributed by atoms with van der Waals surface area (Å²) < 4.78 is 38.9. The van der Waals surface area contributed by atoms with Crippen molar-refractivity contribution in [3.8, 4) is 5.69 Å². The zero-order chi connectivity index (χ0) is 14.0. The average Bonchev–Trinajstić information content (AvgIpc) is 2.77.